The van der Waals surface area contributed by atoms with Crippen LogP contribution in [0.5, 0.6) is 5.75 Å². The molecular weight excluding hydrogens is 280 g/mol. The van der Waals surface area contributed by atoms with E-state index in [2.05, 4.69) is 32.9 Å². The van der Waals surface area contributed by atoms with Gasteiger partial charge in [-0.1, -0.05) is 19.1 Å². The van der Waals surface area contributed by atoms with Crippen LogP contribution in [0.15, 0.2) is 12.1 Å². The molecule has 1 aromatic carbocycles. The first-order valence-electron chi connectivity index (χ1n) is 7.96. The van der Waals surface area contributed by atoms with Crippen molar-refractivity contribution in [3.8, 4) is 5.75 Å². The van der Waals surface area contributed by atoms with E-state index in [1.165, 1.54) is 11.1 Å². The average molecular weight is 304 g/mol. The zero-order valence-electron chi connectivity index (χ0n) is 13.7. The van der Waals surface area contributed by atoms with Crippen molar-refractivity contribution in [2.24, 2.45) is 0 Å². The maximum Gasteiger partial charge on any atom is 0.308 e. The highest BCUT2D eigenvalue weighted by molar-refractivity contribution is 5.71. The van der Waals surface area contributed by atoms with Gasteiger partial charge in [-0.2, -0.15) is 0 Å². The highest BCUT2D eigenvalue weighted by atomic mass is 16.5. The summed E-state index contributed by atoms with van der Waals surface area (Å²) in [6.07, 6.45) is 0.569. The summed E-state index contributed by atoms with van der Waals surface area (Å²) in [6.45, 7) is 8.31. The zero-order chi connectivity index (χ0) is 16.1. The van der Waals surface area contributed by atoms with Gasteiger partial charge < -0.3 is 14.6 Å². The molecule has 3 atom stereocenters. The Morgan fingerprint density at radius 1 is 1.36 bits per heavy atom. The molecule has 1 aromatic rings. The number of rotatable bonds is 2. The van der Waals surface area contributed by atoms with Crippen LogP contribution in [0.25, 0.3) is 0 Å². The maximum absolute atomic E-state index is 11.6. The summed E-state index contributed by atoms with van der Waals surface area (Å²) in [5.41, 5.74) is 3.35. The number of carbonyl (C=O) groups excluding carboxylic acids is 1. The van der Waals surface area contributed by atoms with Crippen LogP contribution in [0.2, 0.25) is 0 Å². The Kier molecular flexibility index (Phi) is 3.68. The quantitative estimate of drug-likeness (QED) is 0.854. The molecule has 4 nitrogen and oxygen atoms in total. The van der Waals surface area contributed by atoms with Crippen LogP contribution in [-0.4, -0.2) is 28.9 Å². The van der Waals surface area contributed by atoms with Crippen LogP contribution in [0, 0.1) is 6.92 Å². The van der Waals surface area contributed by atoms with E-state index in [1.54, 1.807) is 0 Å². The molecule has 0 bridgehead atoms. The zero-order valence-corrected chi connectivity index (χ0v) is 13.7. The number of cyclic esters (lactones) is 1. The van der Waals surface area contributed by atoms with Gasteiger partial charge in [-0.3, -0.25) is 4.79 Å². The van der Waals surface area contributed by atoms with Crippen LogP contribution < -0.4 is 4.74 Å². The molecule has 0 aromatic heterocycles. The Labute approximate surface area is 131 Å². The topological polar surface area (TPSA) is 55.8 Å². The lowest BCUT2D eigenvalue weighted by Gasteiger charge is -2.31. The van der Waals surface area contributed by atoms with Gasteiger partial charge in [-0.15, -0.1) is 0 Å². The lowest BCUT2D eigenvalue weighted by molar-refractivity contribution is -0.161. The Morgan fingerprint density at radius 2 is 2.09 bits per heavy atom. The third kappa shape index (κ3) is 2.72. The molecule has 1 unspecified atom stereocenters. The van der Waals surface area contributed by atoms with Gasteiger partial charge >= 0.3 is 5.97 Å². The van der Waals surface area contributed by atoms with Gasteiger partial charge in [-0.05, 0) is 26.3 Å². The normalized spacial score (nSPS) is 27.8. The number of aliphatic hydroxyl groups is 1. The Balaban J connectivity index is 1.93. The second kappa shape index (κ2) is 5.27. The van der Waals surface area contributed by atoms with Gasteiger partial charge in [0.2, 0.25) is 0 Å². The number of hydrogen-bond acceptors (Lipinski definition) is 4. The summed E-state index contributed by atoms with van der Waals surface area (Å²) in [5, 5.41) is 9.83. The molecule has 2 aliphatic rings. The maximum atomic E-state index is 11.6. The first-order chi connectivity index (χ1) is 10.3. The minimum Gasteiger partial charge on any atom is -0.487 e. The third-order valence-electron chi connectivity index (χ3n) is 4.74. The van der Waals surface area contributed by atoms with Gasteiger partial charge in [0, 0.05) is 29.9 Å². The molecule has 0 saturated carbocycles. The lowest BCUT2D eigenvalue weighted by Crippen LogP contribution is -2.35. The number of ether oxygens (including phenoxy) is 2. The van der Waals surface area contributed by atoms with Crippen LogP contribution in [0.1, 0.15) is 56.2 Å². The van der Waals surface area contributed by atoms with E-state index in [-0.39, 0.29) is 30.0 Å². The van der Waals surface area contributed by atoms with E-state index in [4.69, 9.17) is 9.47 Å². The minimum atomic E-state index is -0.607. The minimum absolute atomic E-state index is 0.00199. The SMILES string of the molecule is Cc1ccc(C(C)[C@@H]2C[C@@H](O)CC(=O)O2)c2c1CC(C)(C)O2. The summed E-state index contributed by atoms with van der Waals surface area (Å²) >= 11 is 0. The largest absolute Gasteiger partial charge is 0.487 e. The highest BCUT2D eigenvalue weighted by Crippen LogP contribution is 2.44. The van der Waals surface area contributed by atoms with Crippen molar-refractivity contribution in [2.45, 2.75) is 70.7 Å². The van der Waals surface area contributed by atoms with Crippen LogP contribution >= 0.6 is 0 Å². The van der Waals surface area contributed by atoms with Crippen LogP contribution in [0.4, 0.5) is 0 Å². The summed E-state index contributed by atoms with van der Waals surface area (Å²) in [4.78, 5) is 11.6. The number of benzene rings is 1. The van der Waals surface area contributed by atoms with Crippen LogP contribution in [-0.2, 0) is 16.0 Å². The summed E-state index contributed by atoms with van der Waals surface area (Å²) in [5.74, 6) is 0.622. The molecule has 1 N–H and O–H groups in total. The third-order valence-corrected chi connectivity index (χ3v) is 4.74. The van der Waals surface area contributed by atoms with E-state index in [0.29, 0.717) is 6.42 Å². The molecule has 3 rings (SSSR count). The lowest BCUT2D eigenvalue weighted by atomic mass is 9.86. The van der Waals surface area contributed by atoms with Crippen molar-refractivity contribution in [2.75, 3.05) is 0 Å². The molecule has 0 amide bonds. The Bertz CT molecular complexity index is 605. The van der Waals surface area contributed by atoms with E-state index in [0.717, 1.165) is 17.7 Å². The van der Waals surface area contributed by atoms with Gasteiger partial charge in [0.15, 0.2) is 0 Å². The van der Waals surface area contributed by atoms with E-state index < -0.39 is 6.10 Å². The molecule has 0 aliphatic carbocycles. The van der Waals surface area contributed by atoms with Gasteiger partial charge in [0.05, 0.1) is 12.5 Å². The molecule has 1 fully saturated rings. The van der Waals surface area contributed by atoms with Crippen molar-refractivity contribution in [1.82, 2.24) is 0 Å². The molecule has 2 heterocycles. The van der Waals surface area contributed by atoms with Gasteiger partial charge in [0.1, 0.15) is 17.5 Å². The molecule has 1 saturated heterocycles. The number of carbonyl (C=O) groups is 1. The molecule has 4 heteroatoms. The monoisotopic (exact) mass is 304 g/mol. The van der Waals surface area contributed by atoms with E-state index in [1.807, 2.05) is 6.92 Å². The molecule has 120 valence electrons. The number of hydrogen-bond donors (Lipinski definition) is 1. The van der Waals surface area contributed by atoms with Crippen molar-refractivity contribution < 1.29 is 19.4 Å². The predicted octanol–water partition coefficient (Wildman–Crippen LogP) is 2.88. The Hall–Kier alpha value is -1.55. The average Bonchev–Trinajstić information content (AvgIpc) is 2.73. The summed E-state index contributed by atoms with van der Waals surface area (Å²) < 4.78 is 11.6. The number of esters is 1. The molecule has 22 heavy (non-hydrogen) atoms. The second-order valence-corrected chi connectivity index (χ2v) is 7.23. The predicted molar refractivity (Wildman–Crippen MR) is 83.1 cm³/mol. The first kappa shape index (κ1) is 15.3. The molecule has 0 spiro atoms. The fourth-order valence-electron chi connectivity index (χ4n) is 3.50. The fraction of sp³-hybridized carbons (Fsp3) is 0.611. The Morgan fingerprint density at radius 3 is 2.77 bits per heavy atom. The summed E-state index contributed by atoms with van der Waals surface area (Å²) in [6, 6.07) is 4.17. The molecule has 2 aliphatic heterocycles. The van der Waals surface area contributed by atoms with Gasteiger partial charge in [-0.25, -0.2) is 0 Å². The van der Waals surface area contributed by atoms with Crippen molar-refractivity contribution in [1.29, 1.82) is 0 Å². The molecular formula is C18H24O4. The van der Waals surface area contributed by atoms with Crippen LogP contribution in [0.3, 0.4) is 0 Å². The van der Waals surface area contributed by atoms with Crippen molar-refractivity contribution >= 4 is 5.97 Å². The fourth-order valence-corrected chi connectivity index (χ4v) is 3.50. The second-order valence-electron chi connectivity index (χ2n) is 7.23. The standard InChI is InChI=1S/C18H24O4/c1-10-5-6-13(17-14(10)9-18(3,4)22-17)11(2)15-7-12(19)8-16(20)21-15/h5-6,11-12,15,19H,7-9H2,1-4H3/t11?,12-,15+/m1/s1. The first-order valence-corrected chi connectivity index (χ1v) is 7.96. The number of fused-ring (bicyclic) bond motifs is 1. The smallest absolute Gasteiger partial charge is 0.308 e. The number of aliphatic hydroxyl groups excluding tert-OH is 1. The highest BCUT2D eigenvalue weighted by Gasteiger charge is 2.37. The van der Waals surface area contributed by atoms with Crippen molar-refractivity contribution in [3.63, 3.8) is 0 Å². The van der Waals surface area contributed by atoms with Crippen molar-refractivity contribution in [3.05, 3.63) is 28.8 Å². The van der Waals surface area contributed by atoms with Gasteiger partial charge in [0.25, 0.3) is 0 Å². The summed E-state index contributed by atoms with van der Waals surface area (Å²) in [7, 11) is 0. The van der Waals surface area contributed by atoms with E-state index >= 15 is 0 Å². The molecule has 0 radical (unpaired) electrons. The number of aryl methyl sites for hydroxylation is 1. The van der Waals surface area contributed by atoms with E-state index in [9.17, 15) is 9.90 Å².